The van der Waals surface area contributed by atoms with Crippen LogP contribution in [0.2, 0.25) is 0 Å². The van der Waals surface area contributed by atoms with E-state index in [-0.39, 0.29) is 5.92 Å². The average Bonchev–Trinajstić information content (AvgIpc) is 2.51. The Bertz CT molecular complexity index is 687. The van der Waals surface area contributed by atoms with Crippen LogP contribution in [0.1, 0.15) is 64.5 Å². The Morgan fingerprint density at radius 2 is 1.80 bits per heavy atom. The predicted octanol–water partition coefficient (Wildman–Crippen LogP) is 4.57. The van der Waals surface area contributed by atoms with Gasteiger partial charge in [0.1, 0.15) is 10.6 Å². The van der Waals surface area contributed by atoms with Gasteiger partial charge in [-0.15, -0.1) is 0 Å². The first kappa shape index (κ1) is 20.2. The highest BCUT2D eigenvalue weighted by atomic mass is 32.2. The second-order valence-corrected chi connectivity index (χ2v) is 9.83. The maximum atomic E-state index is 13.4. The molecule has 1 saturated heterocycles. The van der Waals surface area contributed by atoms with Crippen LogP contribution >= 0.6 is 0 Å². The normalized spacial score (nSPS) is 22.4. The largest absolute Gasteiger partial charge is 0.492 e. The molecular weight excluding hydrogens is 334 g/mol. The predicted molar refractivity (Wildman–Crippen MR) is 103 cm³/mol. The summed E-state index contributed by atoms with van der Waals surface area (Å²) in [5.74, 6) is 1.53. The molecule has 0 spiro atoms. The van der Waals surface area contributed by atoms with Gasteiger partial charge >= 0.3 is 0 Å². The lowest BCUT2D eigenvalue weighted by Crippen LogP contribution is -2.42. The van der Waals surface area contributed by atoms with Crippen LogP contribution in [0, 0.1) is 18.8 Å². The topological polar surface area (TPSA) is 46.6 Å². The van der Waals surface area contributed by atoms with E-state index < -0.39 is 10.0 Å². The van der Waals surface area contributed by atoms with Crippen LogP contribution in [0.15, 0.2) is 17.0 Å². The van der Waals surface area contributed by atoms with Crippen LogP contribution in [0.4, 0.5) is 0 Å². The molecule has 0 unspecified atom stereocenters. The molecule has 0 saturated carbocycles. The molecule has 142 valence electrons. The third kappa shape index (κ3) is 4.56. The number of piperidine rings is 1. The quantitative estimate of drug-likeness (QED) is 0.740. The van der Waals surface area contributed by atoms with Crippen molar-refractivity contribution in [2.24, 2.45) is 11.8 Å². The average molecular weight is 368 g/mol. The van der Waals surface area contributed by atoms with Crippen molar-refractivity contribution in [1.82, 2.24) is 4.31 Å². The molecule has 4 nitrogen and oxygen atoms in total. The number of nitrogens with zero attached hydrogens (tertiary/aromatic N) is 1. The lowest BCUT2D eigenvalue weighted by Gasteiger charge is -2.34. The number of hydrogen-bond donors (Lipinski definition) is 0. The van der Waals surface area contributed by atoms with E-state index in [0.717, 1.165) is 24.0 Å². The van der Waals surface area contributed by atoms with E-state index in [1.807, 2.05) is 26.0 Å². The molecule has 0 amide bonds. The van der Waals surface area contributed by atoms with Gasteiger partial charge in [-0.2, -0.15) is 4.31 Å². The zero-order valence-corrected chi connectivity index (χ0v) is 17.3. The van der Waals surface area contributed by atoms with Crippen molar-refractivity contribution in [3.63, 3.8) is 0 Å². The van der Waals surface area contributed by atoms with Crippen molar-refractivity contribution in [2.45, 2.75) is 65.2 Å². The SMILES string of the molecule is CCCOc1cc(C)c(C(C)C)cc1S(=O)(=O)N1C[C@H](C)C[C@@H](C)C1. The van der Waals surface area contributed by atoms with E-state index >= 15 is 0 Å². The highest BCUT2D eigenvalue weighted by Gasteiger charge is 2.34. The van der Waals surface area contributed by atoms with Crippen molar-refractivity contribution in [2.75, 3.05) is 19.7 Å². The van der Waals surface area contributed by atoms with Gasteiger partial charge in [0.15, 0.2) is 0 Å². The van der Waals surface area contributed by atoms with Crippen LogP contribution in [0.25, 0.3) is 0 Å². The Kier molecular flexibility index (Phi) is 6.55. The molecule has 1 aliphatic rings. The molecule has 2 atom stereocenters. The van der Waals surface area contributed by atoms with Crippen LogP contribution in [-0.2, 0) is 10.0 Å². The Hall–Kier alpha value is -1.07. The minimum absolute atomic E-state index is 0.272. The van der Waals surface area contributed by atoms with Crippen LogP contribution in [-0.4, -0.2) is 32.4 Å². The molecule has 0 N–H and O–H groups in total. The molecule has 25 heavy (non-hydrogen) atoms. The Morgan fingerprint density at radius 3 is 2.32 bits per heavy atom. The van der Waals surface area contributed by atoms with Crippen molar-refractivity contribution in [1.29, 1.82) is 0 Å². The van der Waals surface area contributed by atoms with Gasteiger partial charge in [0, 0.05) is 13.1 Å². The number of rotatable bonds is 6. The fourth-order valence-corrected chi connectivity index (χ4v) is 5.59. The molecule has 0 radical (unpaired) electrons. The van der Waals surface area contributed by atoms with Gasteiger partial charge in [0.05, 0.1) is 6.61 Å². The van der Waals surface area contributed by atoms with Gasteiger partial charge in [-0.1, -0.05) is 34.6 Å². The second-order valence-electron chi connectivity index (χ2n) is 7.93. The Balaban J connectivity index is 2.51. The highest BCUT2D eigenvalue weighted by Crippen LogP contribution is 2.35. The smallest absolute Gasteiger partial charge is 0.246 e. The summed E-state index contributed by atoms with van der Waals surface area (Å²) in [5.41, 5.74) is 2.15. The number of benzene rings is 1. The maximum absolute atomic E-state index is 13.4. The molecule has 1 aliphatic heterocycles. The molecular formula is C20H33NO3S. The Morgan fingerprint density at radius 1 is 1.20 bits per heavy atom. The highest BCUT2D eigenvalue weighted by molar-refractivity contribution is 7.89. The van der Waals surface area contributed by atoms with Gasteiger partial charge in [-0.05, 0) is 60.8 Å². The van der Waals surface area contributed by atoms with Gasteiger partial charge in [-0.25, -0.2) is 8.42 Å². The summed E-state index contributed by atoms with van der Waals surface area (Å²) in [6, 6.07) is 3.74. The minimum atomic E-state index is -3.55. The summed E-state index contributed by atoms with van der Waals surface area (Å²) >= 11 is 0. The summed E-state index contributed by atoms with van der Waals surface area (Å²) in [4.78, 5) is 0.330. The third-order valence-electron chi connectivity index (χ3n) is 4.87. The molecule has 1 heterocycles. The summed E-state index contributed by atoms with van der Waals surface area (Å²) in [7, 11) is -3.55. The first-order valence-electron chi connectivity index (χ1n) is 9.44. The lowest BCUT2D eigenvalue weighted by molar-refractivity contribution is 0.221. The fraction of sp³-hybridized carbons (Fsp3) is 0.700. The lowest BCUT2D eigenvalue weighted by atomic mass is 9.94. The van der Waals surface area contributed by atoms with E-state index in [4.69, 9.17) is 4.74 Å². The molecule has 0 aromatic heterocycles. The van der Waals surface area contributed by atoms with Crippen molar-refractivity contribution in [3.05, 3.63) is 23.3 Å². The molecule has 5 heteroatoms. The first-order chi connectivity index (χ1) is 11.7. The molecule has 0 bridgehead atoms. The summed E-state index contributed by atoms with van der Waals surface area (Å²) in [5, 5.41) is 0. The van der Waals surface area contributed by atoms with Crippen molar-refractivity contribution in [3.8, 4) is 5.75 Å². The van der Waals surface area contributed by atoms with Gasteiger partial charge in [0.25, 0.3) is 0 Å². The van der Waals surface area contributed by atoms with Gasteiger partial charge in [-0.3, -0.25) is 0 Å². The molecule has 1 aromatic rings. The molecule has 1 aromatic carbocycles. The monoisotopic (exact) mass is 367 g/mol. The third-order valence-corrected chi connectivity index (χ3v) is 6.72. The van der Waals surface area contributed by atoms with E-state index in [0.29, 0.717) is 42.2 Å². The maximum Gasteiger partial charge on any atom is 0.246 e. The van der Waals surface area contributed by atoms with E-state index in [1.54, 1.807) is 4.31 Å². The van der Waals surface area contributed by atoms with E-state index in [1.165, 1.54) is 0 Å². The van der Waals surface area contributed by atoms with Gasteiger partial charge in [0.2, 0.25) is 10.0 Å². The molecule has 2 rings (SSSR count). The van der Waals surface area contributed by atoms with Crippen LogP contribution in [0.5, 0.6) is 5.75 Å². The van der Waals surface area contributed by atoms with Crippen LogP contribution < -0.4 is 4.74 Å². The van der Waals surface area contributed by atoms with Crippen molar-refractivity contribution >= 4 is 10.0 Å². The summed E-state index contributed by atoms with van der Waals surface area (Å²) in [6.07, 6.45) is 1.93. The Labute approximate surface area is 153 Å². The summed E-state index contributed by atoms with van der Waals surface area (Å²) < 4.78 is 34.3. The standard InChI is InChI=1S/C20H33NO3S/c1-7-8-24-19-10-17(6)18(14(2)3)11-20(19)25(22,23)21-12-15(4)9-16(5)13-21/h10-11,14-16H,7-9,12-13H2,1-6H3/t15-,16-/m1/s1. The number of ether oxygens (including phenoxy) is 1. The zero-order valence-electron chi connectivity index (χ0n) is 16.5. The molecule has 0 aliphatic carbocycles. The van der Waals surface area contributed by atoms with Gasteiger partial charge < -0.3 is 4.74 Å². The number of sulfonamides is 1. The fourth-order valence-electron chi connectivity index (χ4n) is 3.77. The summed E-state index contributed by atoms with van der Waals surface area (Å²) in [6.45, 7) is 14.2. The number of aryl methyl sites for hydroxylation is 1. The van der Waals surface area contributed by atoms with Crippen molar-refractivity contribution < 1.29 is 13.2 Å². The first-order valence-corrected chi connectivity index (χ1v) is 10.9. The zero-order chi connectivity index (χ0) is 18.8. The minimum Gasteiger partial charge on any atom is -0.492 e. The second kappa shape index (κ2) is 8.09. The van der Waals surface area contributed by atoms with Crippen LogP contribution in [0.3, 0.4) is 0 Å². The van der Waals surface area contributed by atoms with E-state index in [9.17, 15) is 8.42 Å². The van der Waals surface area contributed by atoms with E-state index in [2.05, 4.69) is 27.7 Å². The molecule has 1 fully saturated rings. The number of hydrogen-bond acceptors (Lipinski definition) is 3.